The van der Waals surface area contributed by atoms with Gasteiger partial charge < -0.3 is 0 Å². The van der Waals surface area contributed by atoms with Crippen molar-refractivity contribution in [1.82, 2.24) is 19.7 Å². The van der Waals surface area contributed by atoms with E-state index in [0.29, 0.717) is 22.7 Å². The van der Waals surface area contributed by atoms with Crippen molar-refractivity contribution in [2.45, 2.75) is 13.5 Å². The molecule has 0 aliphatic carbocycles. The number of carbonyl (C=O) groups excluding carboxylic acids is 1. The third-order valence-electron chi connectivity index (χ3n) is 4.31. The summed E-state index contributed by atoms with van der Waals surface area (Å²) in [5, 5.41) is 7.66. The summed E-state index contributed by atoms with van der Waals surface area (Å²) in [6.45, 7) is 2.51. The van der Waals surface area contributed by atoms with E-state index < -0.39 is 0 Å². The summed E-state index contributed by atoms with van der Waals surface area (Å²) in [4.78, 5) is 18.0. The number of nitrogens with one attached hydrogen (secondary N) is 1. The number of ketones is 1. The number of hydrogen-bond acceptors (Lipinski definition) is 4. The highest BCUT2D eigenvalue weighted by atomic mass is 32.1. The van der Waals surface area contributed by atoms with E-state index in [2.05, 4.69) is 10.2 Å². The molecule has 2 aromatic heterocycles. The summed E-state index contributed by atoms with van der Waals surface area (Å²) in [6.07, 6.45) is 0. The average Bonchev–Trinajstić information content (AvgIpc) is 3.07. The van der Waals surface area contributed by atoms with E-state index in [9.17, 15) is 4.79 Å². The fourth-order valence-corrected chi connectivity index (χ4v) is 3.29. The molecule has 2 aromatic carbocycles. The molecule has 0 amide bonds. The van der Waals surface area contributed by atoms with Gasteiger partial charge in [-0.25, -0.2) is 4.98 Å². The van der Waals surface area contributed by atoms with Gasteiger partial charge in [0.15, 0.2) is 4.77 Å². The smallest absolute Gasteiger partial charge is 0.231 e. The molecular formula is C20H16N4OS. The Morgan fingerprint density at radius 3 is 2.62 bits per heavy atom. The molecule has 0 saturated carbocycles. The summed E-state index contributed by atoms with van der Waals surface area (Å²) in [5.41, 5.74) is 3.05. The van der Waals surface area contributed by atoms with Crippen LogP contribution in [0.5, 0.6) is 0 Å². The van der Waals surface area contributed by atoms with Crippen LogP contribution in [-0.2, 0) is 6.54 Å². The van der Waals surface area contributed by atoms with Gasteiger partial charge in [0.2, 0.25) is 11.6 Å². The summed E-state index contributed by atoms with van der Waals surface area (Å²) < 4.78 is 2.15. The zero-order chi connectivity index (χ0) is 18.1. The predicted octanol–water partition coefficient (Wildman–Crippen LogP) is 4.41. The summed E-state index contributed by atoms with van der Waals surface area (Å²) in [6, 6.07) is 19.3. The lowest BCUT2D eigenvalue weighted by Gasteiger charge is -2.09. The lowest BCUT2D eigenvalue weighted by Crippen LogP contribution is -2.12. The van der Waals surface area contributed by atoms with Crippen LogP contribution >= 0.6 is 12.2 Å². The standard InChI is InChI=1S/C20H16N4OS/c1-2-24-19(22-23-20(24)26)18(25)15-12-17(13-8-4-3-5-9-13)21-16-11-7-6-10-14(15)16/h3-12H,2H2,1H3,(H,23,26). The lowest BCUT2D eigenvalue weighted by molar-refractivity contribution is 0.102. The Morgan fingerprint density at radius 2 is 1.85 bits per heavy atom. The number of H-pyrrole nitrogens is 1. The minimum Gasteiger partial charge on any atom is -0.298 e. The van der Waals surface area contributed by atoms with Crippen LogP contribution in [0.4, 0.5) is 0 Å². The number of rotatable bonds is 4. The molecule has 2 heterocycles. The molecular weight excluding hydrogens is 344 g/mol. The van der Waals surface area contributed by atoms with Crippen molar-refractivity contribution in [1.29, 1.82) is 0 Å². The molecule has 4 aromatic rings. The van der Waals surface area contributed by atoms with Gasteiger partial charge in [0.1, 0.15) is 0 Å². The second-order valence-electron chi connectivity index (χ2n) is 5.86. The number of aromatic amines is 1. The molecule has 0 aliphatic heterocycles. The summed E-state index contributed by atoms with van der Waals surface area (Å²) in [7, 11) is 0. The summed E-state index contributed by atoms with van der Waals surface area (Å²) in [5.74, 6) is 0.142. The number of benzene rings is 2. The van der Waals surface area contributed by atoms with Gasteiger partial charge in [-0.15, -0.1) is 0 Å². The fourth-order valence-electron chi connectivity index (χ4n) is 3.02. The zero-order valence-electron chi connectivity index (χ0n) is 14.1. The third-order valence-corrected chi connectivity index (χ3v) is 4.62. The second-order valence-corrected chi connectivity index (χ2v) is 6.25. The SMILES string of the molecule is CCn1c(C(=O)c2cc(-c3ccccc3)nc3ccccc23)n[nH]c1=S. The maximum atomic E-state index is 13.3. The van der Waals surface area contributed by atoms with Crippen LogP contribution in [0, 0.1) is 4.77 Å². The van der Waals surface area contributed by atoms with Gasteiger partial charge in [-0.3, -0.25) is 14.5 Å². The number of fused-ring (bicyclic) bond motifs is 1. The van der Waals surface area contributed by atoms with E-state index in [4.69, 9.17) is 17.2 Å². The molecule has 26 heavy (non-hydrogen) atoms. The van der Waals surface area contributed by atoms with E-state index in [1.54, 1.807) is 4.57 Å². The molecule has 6 heteroatoms. The van der Waals surface area contributed by atoms with E-state index in [0.717, 1.165) is 22.2 Å². The highest BCUT2D eigenvalue weighted by molar-refractivity contribution is 7.71. The molecule has 4 rings (SSSR count). The molecule has 0 saturated heterocycles. The third kappa shape index (κ3) is 2.74. The Kier molecular flexibility index (Phi) is 4.18. The first kappa shape index (κ1) is 16.4. The van der Waals surface area contributed by atoms with Crippen LogP contribution < -0.4 is 0 Å². The largest absolute Gasteiger partial charge is 0.298 e. The van der Waals surface area contributed by atoms with Crippen molar-refractivity contribution in [3.63, 3.8) is 0 Å². The molecule has 1 N–H and O–H groups in total. The van der Waals surface area contributed by atoms with E-state index in [1.807, 2.05) is 67.6 Å². The van der Waals surface area contributed by atoms with Gasteiger partial charge >= 0.3 is 0 Å². The second kappa shape index (κ2) is 6.65. The van der Waals surface area contributed by atoms with Gasteiger partial charge in [-0.2, -0.15) is 5.10 Å². The number of aromatic nitrogens is 4. The number of hydrogen-bond donors (Lipinski definition) is 1. The summed E-state index contributed by atoms with van der Waals surface area (Å²) >= 11 is 5.22. The number of para-hydroxylation sites is 1. The van der Waals surface area contributed by atoms with Crippen molar-refractivity contribution in [3.8, 4) is 11.3 Å². The Hall–Kier alpha value is -3.12. The van der Waals surface area contributed by atoms with Crippen LogP contribution in [0.1, 0.15) is 23.1 Å². The van der Waals surface area contributed by atoms with Crippen LogP contribution in [0.2, 0.25) is 0 Å². The molecule has 0 spiro atoms. The molecule has 0 bridgehead atoms. The van der Waals surface area contributed by atoms with Crippen molar-refractivity contribution in [3.05, 3.63) is 76.8 Å². The molecule has 128 valence electrons. The van der Waals surface area contributed by atoms with Gasteiger partial charge in [0.25, 0.3) is 0 Å². The minimum absolute atomic E-state index is 0.171. The average molecular weight is 360 g/mol. The molecule has 0 atom stereocenters. The van der Waals surface area contributed by atoms with Crippen molar-refractivity contribution in [2.75, 3.05) is 0 Å². The Bertz CT molecular complexity index is 1160. The maximum Gasteiger partial charge on any atom is 0.231 e. The molecule has 5 nitrogen and oxygen atoms in total. The fraction of sp³-hybridized carbons (Fsp3) is 0.100. The molecule has 0 radical (unpaired) electrons. The van der Waals surface area contributed by atoms with Crippen molar-refractivity contribution < 1.29 is 4.79 Å². The molecule has 0 fully saturated rings. The van der Waals surface area contributed by atoms with E-state index in [-0.39, 0.29) is 5.78 Å². The monoisotopic (exact) mass is 360 g/mol. The molecule has 0 aliphatic rings. The lowest BCUT2D eigenvalue weighted by atomic mass is 10.0. The Labute approximate surface area is 155 Å². The van der Waals surface area contributed by atoms with Crippen LogP contribution in [0.15, 0.2) is 60.7 Å². The first-order chi connectivity index (χ1) is 12.7. The maximum absolute atomic E-state index is 13.3. The van der Waals surface area contributed by atoms with Crippen molar-refractivity contribution >= 4 is 28.9 Å². The van der Waals surface area contributed by atoms with Gasteiger partial charge in [0.05, 0.1) is 11.2 Å². The predicted molar refractivity (Wildman–Crippen MR) is 104 cm³/mol. The van der Waals surface area contributed by atoms with Crippen LogP contribution in [0.25, 0.3) is 22.2 Å². The minimum atomic E-state index is -0.171. The molecule has 0 unspecified atom stereocenters. The first-order valence-corrected chi connectivity index (χ1v) is 8.75. The normalized spacial score (nSPS) is 11.0. The van der Waals surface area contributed by atoms with Crippen molar-refractivity contribution in [2.24, 2.45) is 0 Å². The number of pyridine rings is 1. The zero-order valence-corrected chi connectivity index (χ0v) is 15.0. The number of carbonyl (C=O) groups is 1. The van der Waals surface area contributed by atoms with Gasteiger partial charge in [0, 0.05) is 23.1 Å². The quantitative estimate of drug-likeness (QED) is 0.433. The van der Waals surface area contributed by atoms with E-state index >= 15 is 0 Å². The van der Waals surface area contributed by atoms with E-state index in [1.165, 1.54) is 0 Å². The first-order valence-electron chi connectivity index (χ1n) is 8.34. The highest BCUT2D eigenvalue weighted by Gasteiger charge is 2.20. The van der Waals surface area contributed by atoms with Gasteiger partial charge in [-0.1, -0.05) is 48.5 Å². The van der Waals surface area contributed by atoms with Crippen LogP contribution in [0.3, 0.4) is 0 Å². The Balaban J connectivity index is 1.96. The highest BCUT2D eigenvalue weighted by Crippen LogP contribution is 2.26. The van der Waals surface area contributed by atoms with Gasteiger partial charge in [-0.05, 0) is 31.3 Å². The number of nitrogens with zero attached hydrogens (tertiary/aromatic N) is 3. The topological polar surface area (TPSA) is 63.6 Å². The van der Waals surface area contributed by atoms with Crippen LogP contribution in [-0.4, -0.2) is 25.5 Å². The Morgan fingerprint density at radius 1 is 1.12 bits per heavy atom.